The monoisotopic (exact) mass is 265 g/mol. The van der Waals surface area contributed by atoms with E-state index < -0.39 is 0 Å². The first-order chi connectivity index (χ1) is 8.28. The average Bonchev–Trinajstić information content (AvgIpc) is 2.97. The van der Waals surface area contributed by atoms with Gasteiger partial charge >= 0.3 is 0 Å². The minimum Gasteiger partial charge on any atom is -0.353 e. The number of aromatic nitrogens is 3. The van der Waals surface area contributed by atoms with Gasteiger partial charge in [0.2, 0.25) is 11.6 Å². The van der Waals surface area contributed by atoms with Crippen molar-refractivity contribution >= 4 is 33.2 Å². The van der Waals surface area contributed by atoms with Crippen molar-refractivity contribution in [2.45, 2.75) is 13.3 Å². The summed E-state index contributed by atoms with van der Waals surface area (Å²) in [6.45, 7) is 2.10. The summed E-state index contributed by atoms with van der Waals surface area (Å²) in [5.41, 5.74) is 0. The first-order valence-corrected chi connectivity index (χ1v) is 6.34. The van der Waals surface area contributed by atoms with Gasteiger partial charge in [0.1, 0.15) is 9.98 Å². The lowest BCUT2D eigenvalue weighted by atomic mass is 10.3. The Balaban J connectivity index is 2.23. The zero-order valence-electron chi connectivity index (χ0n) is 8.98. The van der Waals surface area contributed by atoms with Crippen LogP contribution in [0.2, 0.25) is 5.15 Å². The summed E-state index contributed by atoms with van der Waals surface area (Å²) < 4.78 is 5.03. The normalized spacial score (nSPS) is 11.2. The van der Waals surface area contributed by atoms with Crippen LogP contribution >= 0.6 is 22.9 Å². The topological polar surface area (TPSA) is 51.8 Å². The molecule has 0 aliphatic carbocycles. The van der Waals surface area contributed by atoms with Crippen LogP contribution in [0.3, 0.4) is 0 Å². The minimum absolute atomic E-state index is 0.456. The number of halogens is 1. The molecule has 0 amide bonds. The van der Waals surface area contributed by atoms with Crippen LogP contribution in [0.25, 0.3) is 21.8 Å². The van der Waals surface area contributed by atoms with Gasteiger partial charge in [-0.25, -0.2) is 9.97 Å². The summed E-state index contributed by atoms with van der Waals surface area (Å²) in [5.74, 6) is 1.00. The third kappa shape index (κ3) is 1.81. The summed E-state index contributed by atoms with van der Waals surface area (Å²) >= 11 is 7.77. The van der Waals surface area contributed by atoms with E-state index in [1.807, 2.05) is 6.07 Å². The van der Waals surface area contributed by atoms with Crippen molar-refractivity contribution < 1.29 is 4.52 Å². The largest absolute Gasteiger partial charge is 0.353 e. The van der Waals surface area contributed by atoms with Crippen molar-refractivity contribution in [2.75, 3.05) is 0 Å². The standard InChI is InChI=1S/C11H8ClN3OS/c1-2-6-5-7-9(12)14-10(15-11(7)17-6)8-3-4-13-16-8/h3-5H,2H2,1H3. The molecule has 3 aromatic rings. The summed E-state index contributed by atoms with van der Waals surface area (Å²) in [7, 11) is 0. The molecule has 0 aliphatic heterocycles. The fourth-order valence-corrected chi connectivity index (χ4v) is 2.80. The molecular formula is C11H8ClN3OS. The minimum atomic E-state index is 0.456. The molecule has 0 aliphatic rings. The van der Waals surface area contributed by atoms with Crippen molar-refractivity contribution in [3.63, 3.8) is 0 Å². The predicted molar refractivity (Wildman–Crippen MR) is 67.3 cm³/mol. The van der Waals surface area contributed by atoms with E-state index in [2.05, 4.69) is 22.0 Å². The van der Waals surface area contributed by atoms with Gasteiger partial charge in [-0.05, 0) is 12.5 Å². The van der Waals surface area contributed by atoms with E-state index in [0.29, 0.717) is 16.7 Å². The molecule has 3 heterocycles. The van der Waals surface area contributed by atoms with E-state index in [4.69, 9.17) is 16.1 Å². The van der Waals surface area contributed by atoms with E-state index in [0.717, 1.165) is 16.6 Å². The second-order valence-corrected chi connectivity index (χ2v) is 4.97. The quantitative estimate of drug-likeness (QED) is 0.665. The van der Waals surface area contributed by atoms with Crippen LogP contribution in [0.4, 0.5) is 0 Å². The maximum Gasteiger partial charge on any atom is 0.204 e. The van der Waals surface area contributed by atoms with Crippen LogP contribution < -0.4 is 0 Å². The maximum absolute atomic E-state index is 6.14. The molecule has 0 bridgehead atoms. The van der Waals surface area contributed by atoms with E-state index in [9.17, 15) is 0 Å². The molecule has 0 spiro atoms. The molecule has 0 aromatic carbocycles. The lowest BCUT2D eigenvalue weighted by Crippen LogP contribution is -1.87. The molecule has 0 fully saturated rings. The molecule has 0 atom stereocenters. The van der Waals surface area contributed by atoms with Crippen LogP contribution in [0.15, 0.2) is 22.9 Å². The van der Waals surface area contributed by atoms with Crippen LogP contribution in [0.1, 0.15) is 11.8 Å². The number of hydrogen-bond donors (Lipinski definition) is 0. The molecule has 0 radical (unpaired) electrons. The summed E-state index contributed by atoms with van der Waals surface area (Å²) in [6, 6.07) is 3.75. The second kappa shape index (κ2) is 4.09. The molecule has 0 saturated heterocycles. The lowest BCUT2D eigenvalue weighted by Gasteiger charge is -1.96. The number of nitrogens with zero attached hydrogens (tertiary/aromatic N) is 3. The maximum atomic E-state index is 6.14. The lowest BCUT2D eigenvalue weighted by molar-refractivity contribution is 0.430. The van der Waals surface area contributed by atoms with Crippen molar-refractivity contribution in [3.8, 4) is 11.6 Å². The highest BCUT2D eigenvalue weighted by atomic mass is 35.5. The molecule has 3 aromatic heterocycles. The molecule has 0 N–H and O–H groups in total. The Morgan fingerprint density at radius 1 is 1.41 bits per heavy atom. The Labute approximate surface area is 106 Å². The SMILES string of the molecule is CCc1cc2c(Cl)nc(-c3ccno3)nc2s1. The summed E-state index contributed by atoms with van der Waals surface area (Å²) in [4.78, 5) is 10.8. The second-order valence-electron chi connectivity index (χ2n) is 3.50. The van der Waals surface area contributed by atoms with Gasteiger partial charge in [0, 0.05) is 16.3 Å². The van der Waals surface area contributed by atoms with Gasteiger partial charge in [-0.15, -0.1) is 11.3 Å². The third-order valence-corrected chi connectivity index (χ3v) is 3.87. The van der Waals surface area contributed by atoms with Crippen LogP contribution in [-0.2, 0) is 6.42 Å². The Hall–Kier alpha value is -1.46. The molecule has 0 unspecified atom stereocenters. The van der Waals surface area contributed by atoms with Gasteiger partial charge in [-0.1, -0.05) is 23.7 Å². The number of thiophene rings is 1. The molecule has 6 heteroatoms. The zero-order valence-corrected chi connectivity index (χ0v) is 10.5. The number of rotatable bonds is 2. The van der Waals surface area contributed by atoms with Gasteiger partial charge in [0.15, 0.2) is 0 Å². The Morgan fingerprint density at radius 3 is 3.00 bits per heavy atom. The first-order valence-electron chi connectivity index (χ1n) is 5.15. The molecule has 3 rings (SSSR count). The molecular weight excluding hydrogens is 258 g/mol. The highest BCUT2D eigenvalue weighted by Crippen LogP contribution is 2.31. The van der Waals surface area contributed by atoms with Gasteiger partial charge < -0.3 is 4.52 Å². The number of fused-ring (bicyclic) bond motifs is 1. The van der Waals surface area contributed by atoms with Gasteiger partial charge in [0.05, 0.1) is 6.20 Å². The average molecular weight is 266 g/mol. The molecule has 86 valence electrons. The van der Waals surface area contributed by atoms with Crippen molar-refractivity contribution in [3.05, 3.63) is 28.4 Å². The van der Waals surface area contributed by atoms with E-state index in [-0.39, 0.29) is 0 Å². The zero-order chi connectivity index (χ0) is 11.8. The highest BCUT2D eigenvalue weighted by Gasteiger charge is 2.12. The van der Waals surface area contributed by atoms with Crippen LogP contribution in [0.5, 0.6) is 0 Å². The van der Waals surface area contributed by atoms with Crippen molar-refractivity contribution in [1.29, 1.82) is 0 Å². The fourth-order valence-electron chi connectivity index (χ4n) is 1.55. The predicted octanol–water partition coefficient (Wildman–Crippen LogP) is 3.56. The molecule has 17 heavy (non-hydrogen) atoms. The van der Waals surface area contributed by atoms with Gasteiger partial charge in [-0.3, -0.25) is 0 Å². The Kier molecular flexibility index (Phi) is 2.57. The molecule has 0 saturated carbocycles. The van der Waals surface area contributed by atoms with Crippen molar-refractivity contribution in [2.24, 2.45) is 0 Å². The summed E-state index contributed by atoms with van der Waals surface area (Å²) in [6.07, 6.45) is 2.53. The van der Waals surface area contributed by atoms with Gasteiger partial charge in [0.25, 0.3) is 0 Å². The summed E-state index contributed by atoms with van der Waals surface area (Å²) in [5, 5.41) is 4.99. The first kappa shape index (κ1) is 10.7. The smallest absolute Gasteiger partial charge is 0.204 e. The van der Waals surface area contributed by atoms with E-state index in [1.54, 1.807) is 23.6 Å². The third-order valence-electron chi connectivity index (χ3n) is 2.40. The van der Waals surface area contributed by atoms with E-state index in [1.165, 1.54) is 4.88 Å². The molecule has 4 nitrogen and oxygen atoms in total. The Bertz CT molecular complexity index is 663. The fraction of sp³-hybridized carbons (Fsp3) is 0.182. The van der Waals surface area contributed by atoms with Crippen LogP contribution in [0, 0.1) is 0 Å². The number of aryl methyl sites for hydroxylation is 1. The Morgan fingerprint density at radius 2 is 2.29 bits per heavy atom. The van der Waals surface area contributed by atoms with Gasteiger partial charge in [-0.2, -0.15) is 0 Å². The highest BCUT2D eigenvalue weighted by molar-refractivity contribution is 7.18. The van der Waals surface area contributed by atoms with E-state index >= 15 is 0 Å². The van der Waals surface area contributed by atoms with Crippen molar-refractivity contribution in [1.82, 2.24) is 15.1 Å². The van der Waals surface area contributed by atoms with Crippen LogP contribution in [-0.4, -0.2) is 15.1 Å². The number of hydrogen-bond acceptors (Lipinski definition) is 5.